The number of piperazine rings is 1. The van der Waals surface area contributed by atoms with Crippen LogP contribution in [0.3, 0.4) is 0 Å². The van der Waals surface area contributed by atoms with Crippen LogP contribution in [0.1, 0.15) is 5.56 Å². The molecule has 0 bridgehead atoms. The van der Waals surface area contributed by atoms with Gasteiger partial charge in [-0.2, -0.15) is 8.99 Å². The number of benzene rings is 2. The predicted molar refractivity (Wildman–Crippen MR) is 107 cm³/mol. The zero-order valence-corrected chi connectivity index (χ0v) is 16.0. The monoisotopic (exact) mass is 396 g/mol. The minimum Gasteiger partial charge on any atom is -0.337 e. The van der Waals surface area contributed by atoms with Crippen molar-refractivity contribution in [1.29, 1.82) is 0 Å². The molecule has 0 spiro atoms. The molecule has 3 aromatic rings. The molecule has 0 aliphatic carbocycles. The van der Waals surface area contributed by atoms with Gasteiger partial charge in [-0.05, 0) is 34.2 Å². The normalized spacial score (nSPS) is 15.9. The molecule has 9 heteroatoms. The van der Waals surface area contributed by atoms with Gasteiger partial charge in [-0.25, -0.2) is 8.42 Å². The molecule has 1 aromatic heterocycles. The highest BCUT2D eigenvalue weighted by molar-refractivity contribution is 7.92. The standard InChI is InChI=1S/C19H20N6O2S/c26-28(27,16-11-17-7-3-1-4-8-17)24-14-12-23(13-15-24)19-20-21-22-25(19)18-9-5-2-6-10-18/h1-11,16H,12-15H2/b16-11+. The number of rotatable bonds is 5. The van der Waals surface area contributed by atoms with E-state index in [-0.39, 0.29) is 0 Å². The lowest BCUT2D eigenvalue weighted by Gasteiger charge is -2.33. The molecule has 2 heterocycles. The van der Waals surface area contributed by atoms with Crippen LogP contribution in [0.25, 0.3) is 11.8 Å². The number of hydrogen-bond donors (Lipinski definition) is 0. The molecule has 1 aliphatic rings. The van der Waals surface area contributed by atoms with E-state index in [1.54, 1.807) is 10.8 Å². The Labute approximate surface area is 163 Å². The van der Waals surface area contributed by atoms with Crippen molar-refractivity contribution in [3.05, 3.63) is 71.6 Å². The second-order valence-corrected chi connectivity index (χ2v) is 8.19. The fraction of sp³-hybridized carbons (Fsp3) is 0.211. The molecule has 28 heavy (non-hydrogen) atoms. The Kier molecular flexibility index (Phi) is 5.18. The Morgan fingerprint density at radius 3 is 2.18 bits per heavy atom. The van der Waals surface area contributed by atoms with E-state index in [2.05, 4.69) is 15.5 Å². The maximum absolute atomic E-state index is 12.6. The molecule has 0 atom stereocenters. The highest BCUT2D eigenvalue weighted by Crippen LogP contribution is 2.18. The van der Waals surface area contributed by atoms with Gasteiger partial charge in [-0.1, -0.05) is 53.6 Å². The van der Waals surface area contributed by atoms with E-state index in [1.807, 2.05) is 65.6 Å². The largest absolute Gasteiger partial charge is 0.337 e. The molecule has 1 aliphatic heterocycles. The molecule has 1 saturated heterocycles. The summed E-state index contributed by atoms with van der Waals surface area (Å²) in [6, 6.07) is 19.0. The topological polar surface area (TPSA) is 84.2 Å². The number of tetrazole rings is 1. The third-order valence-corrected chi connectivity index (χ3v) is 6.13. The summed E-state index contributed by atoms with van der Waals surface area (Å²) in [6.45, 7) is 1.80. The minimum atomic E-state index is -3.47. The molecular weight excluding hydrogens is 376 g/mol. The van der Waals surface area contributed by atoms with Gasteiger partial charge in [0.2, 0.25) is 16.0 Å². The van der Waals surface area contributed by atoms with E-state index in [1.165, 1.54) is 9.71 Å². The molecule has 0 amide bonds. The Morgan fingerprint density at radius 1 is 0.857 bits per heavy atom. The second-order valence-electron chi connectivity index (χ2n) is 6.37. The van der Waals surface area contributed by atoms with Crippen LogP contribution in [0, 0.1) is 0 Å². The van der Waals surface area contributed by atoms with Crippen LogP contribution in [0.15, 0.2) is 66.1 Å². The fourth-order valence-electron chi connectivity index (χ4n) is 3.07. The van der Waals surface area contributed by atoms with Crippen LogP contribution in [0.2, 0.25) is 0 Å². The molecule has 0 unspecified atom stereocenters. The van der Waals surface area contributed by atoms with Gasteiger partial charge in [0.1, 0.15) is 0 Å². The summed E-state index contributed by atoms with van der Waals surface area (Å²) < 4.78 is 28.4. The molecule has 144 valence electrons. The van der Waals surface area contributed by atoms with Crippen molar-refractivity contribution < 1.29 is 8.42 Å². The summed E-state index contributed by atoms with van der Waals surface area (Å²) in [5, 5.41) is 13.2. The van der Waals surface area contributed by atoms with Gasteiger partial charge in [-0.15, -0.1) is 0 Å². The fourth-order valence-corrected chi connectivity index (χ4v) is 4.25. The number of hydrogen-bond acceptors (Lipinski definition) is 6. The maximum atomic E-state index is 12.6. The number of aromatic nitrogens is 4. The molecular formula is C19H20N6O2S. The number of sulfonamides is 1. The van der Waals surface area contributed by atoms with Crippen molar-refractivity contribution in [2.75, 3.05) is 31.1 Å². The van der Waals surface area contributed by atoms with E-state index in [0.29, 0.717) is 32.1 Å². The van der Waals surface area contributed by atoms with Gasteiger partial charge >= 0.3 is 0 Å². The summed E-state index contributed by atoms with van der Waals surface area (Å²) >= 11 is 0. The van der Waals surface area contributed by atoms with Crippen molar-refractivity contribution in [2.24, 2.45) is 0 Å². The first kappa shape index (κ1) is 18.3. The van der Waals surface area contributed by atoms with E-state index in [0.717, 1.165) is 11.3 Å². The first-order valence-corrected chi connectivity index (χ1v) is 10.5. The van der Waals surface area contributed by atoms with Crippen LogP contribution in [-0.2, 0) is 10.0 Å². The molecule has 4 rings (SSSR count). The predicted octanol–water partition coefficient (Wildman–Crippen LogP) is 1.79. The number of anilines is 1. The zero-order valence-electron chi connectivity index (χ0n) is 15.2. The molecule has 2 aromatic carbocycles. The quantitative estimate of drug-likeness (QED) is 0.654. The summed E-state index contributed by atoms with van der Waals surface area (Å²) in [5.74, 6) is 0.614. The van der Waals surface area contributed by atoms with Gasteiger partial charge in [0.05, 0.1) is 5.69 Å². The third-order valence-electron chi connectivity index (χ3n) is 4.57. The van der Waals surface area contributed by atoms with E-state index in [9.17, 15) is 8.42 Å². The van der Waals surface area contributed by atoms with Crippen LogP contribution >= 0.6 is 0 Å². The smallest absolute Gasteiger partial charge is 0.250 e. The van der Waals surface area contributed by atoms with Crippen molar-refractivity contribution >= 4 is 22.0 Å². The Morgan fingerprint density at radius 2 is 1.50 bits per heavy atom. The van der Waals surface area contributed by atoms with Gasteiger partial charge < -0.3 is 4.90 Å². The average molecular weight is 396 g/mol. The Balaban J connectivity index is 1.44. The molecule has 8 nitrogen and oxygen atoms in total. The number of nitrogens with zero attached hydrogens (tertiary/aromatic N) is 6. The second kappa shape index (κ2) is 7.91. The average Bonchev–Trinajstić information content (AvgIpc) is 3.24. The first-order chi connectivity index (χ1) is 13.6. The third kappa shape index (κ3) is 3.95. The lowest BCUT2D eigenvalue weighted by atomic mass is 10.2. The molecule has 0 N–H and O–H groups in total. The number of para-hydroxylation sites is 1. The van der Waals surface area contributed by atoms with E-state index >= 15 is 0 Å². The lowest BCUT2D eigenvalue weighted by molar-refractivity contribution is 0.386. The van der Waals surface area contributed by atoms with Gasteiger partial charge in [0, 0.05) is 31.6 Å². The minimum absolute atomic E-state index is 0.378. The van der Waals surface area contributed by atoms with Crippen molar-refractivity contribution in [3.8, 4) is 5.69 Å². The molecule has 1 fully saturated rings. The van der Waals surface area contributed by atoms with Crippen LogP contribution in [0.5, 0.6) is 0 Å². The first-order valence-electron chi connectivity index (χ1n) is 8.95. The highest BCUT2D eigenvalue weighted by atomic mass is 32.2. The maximum Gasteiger partial charge on any atom is 0.250 e. The van der Waals surface area contributed by atoms with Gasteiger partial charge in [0.15, 0.2) is 0 Å². The summed E-state index contributed by atoms with van der Waals surface area (Å²) in [5.41, 5.74) is 1.72. The van der Waals surface area contributed by atoms with E-state index < -0.39 is 10.0 Å². The zero-order chi connectivity index (χ0) is 19.4. The lowest BCUT2D eigenvalue weighted by Crippen LogP contribution is -2.48. The summed E-state index contributed by atoms with van der Waals surface area (Å²) in [4.78, 5) is 2.00. The Bertz CT molecular complexity index is 1040. The summed E-state index contributed by atoms with van der Waals surface area (Å²) in [7, 11) is -3.47. The Hall–Kier alpha value is -3.04. The van der Waals surface area contributed by atoms with Crippen LogP contribution < -0.4 is 4.90 Å². The SMILES string of the molecule is O=S(=O)(/C=C/c1ccccc1)N1CCN(c2nnnn2-c2ccccc2)CC1. The van der Waals surface area contributed by atoms with Crippen LogP contribution in [-0.4, -0.2) is 59.1 Å². The highest BCUT2D eigenvalue weighted by Gasteiger charge is 2.27. The van der Waals surface area contributed by atoms with Crippen molar-refractivity contribution in [1.82, 2.24) is 24.5 Å². The van der Waals surface area contributed by atoms with Gasteiger partial charge in [-0.3, -0.25) is 0 Å². The van der Waals surface area contributed by atoms with Crippen LogP contribution in [0.4, 0.5) is 5.95 Å². The van der Waals surface area contributed by atoms with Gasteiger partial charge in [0.25, 0.3) is 0 Å². The van der Waals surface area contributed by atoms with E-state index in [4.69, 9.17) is 0 Å². The molecule has 0 saturated carbocycles. The summed E-state index contributed by atoms with van der Waals surface area (Å²) in [6.07, 6.45) is 1.62. The molecule has 0 radical (unpaired) electrons. The van der Waals surface area contributed by atoms with Crippen molar-refractivity contribution in [3.63, 3.8) is 0 Å². The van der Waals surface area contributed by atoms with Crippen molar-refractivity contribution in [2.45, 2.75) is 0 Å².